The fraction of sp³-hybridized carbons (Fsp3) is 0.211. The molecule has 0 spiro atoms. The lowest BCUT2D eigenvalue weighted by molar-refractivity contribution is 0.628. The normalized spacial score (nSPS) is 13.9. The summed E-state index contributed by atoms with van der Waals surface area (Å²) in [4.78, 5) is 0. The molecule has 0 bridgehead atoms. The van der Waals surface area contributed by atoms with Gasteiger partial charge in [-0.3, -0.25) is 0 Å². The van der Waals surface area contributed by atoms with E-state index in [1.165, 1.54) is 12.1 Å². The number of rotatable bonds is 2. The molecule has 1 N–H and O–H groups in total. The molecule has 0 saturated heterocycles. The number of benzene rings is 2. The van der Waals surface area contributed by atoms with Crippen LogP contribution in [-0.4, -0.2) is 16.3 Å². The van der Waals surface area contributed by atoms with Crippen molar-refractivity contribution in [1.29, 1.82) is 0 Å². The number of fused-ring (bicyclic) bond motifs is 1. The van der Waals surface area contributed by atoms with E-state index in [0.29, 0.717) is 10.0 Å². The van der Waals surface area contributed by atoms with Crippen LogP contribution in [0.25, 0.3) is 16.9 Å². The van der Waals surface area contributed by atoms with Crippen molar-refractivity contribution >= 4 is 29.0 Å². The number of anilines is 1. The minimum Gasteiger partial charge on any atom is -0.370 e. The summed E-state index contributed by atoms with van der Waals surface area (Å²) < 4.78 is 15.5. The van der Waals surface area contributed by atoms with E-state index in [4.69, 9.17) is 28.3 Å². The van der Waals surface area contributed by atoms with E-state index in [0.717, 1.165) is 54.1 Å². The van der Waals surface area contributed by atoms with Crippen molar-refractivity contribution in [2.24, 2.45) is 0 Å². The molecule has 1 aliphatic rings. The standard InChI is InChI=1S/C19H16Cl2FN3/c20-13-9-14(21)11-16(10-13)25-19-17(6-1-2-7-23-19)18(24-25)12-4-3-5-15(22)8-12/h3-5,8-11,23H,1-2,6-7H2. The molecule has 0 aliphatic carbocycles. The third-order valence-corrected chi connectivity index (χ3v) is 4.76. The number of nitrogens with one attached hydrogen (secondary N) is 1. The van der Waals surface area contributed by atoms with Crippen LogP contribution in [0.5, 0.6) is 0 Å². The van der Waals surface area contributed by atoms with Gasteiger partial charge in [-0.05, 0) is 49.6 Å². The Kier molecular flexibility index (Phi) is 4.40. The van der Waals surface area contributed by atoms with Crippen LogP contribution in [-0.2, 0) is 6.42 Å². The summed E-state index contributed by atoms with van der Waals surface area (Å²) in [5, 5.41) is 9.32. The molecule has 0 fully saturated rings. The fourth-order valence-electron chi connectivity index (χ4n) is 3.22. The number of halogens is 3. The first kappa shape index (κ1) is 16.4. The lowest BCUT2D eigenvalue weighted by Gasteiger charge is -2.10. The highest BCUT2D eigenvalue weighted by Crippen LogP contribution is 2.35. The van der Waals surface area contributed by atoms with E-state index in [-0.39, 0.29) is 5.82 Å². The van der Waals surface area contributed by atoms with Gasteiger partial charge in [-0.25, -0.2) is 9.07 Å². The zero-order valence-electron chi connectivity index (χ0n) is 13.4. The number of hydrogen-bond acceptors (Lipinski definition) is 2. The van der Waals surface area contributed by atoms with Gasteiger partial charge < -0.3 is 5.32 Å². The maximum absolute atomic E-state index is 13.7. The Morgan fingerprint density at radius 1 is 1.04 bits per heavy atom. The number of aromatic nitrogens is 2. The van der Waals surface area contributed by atoms with Crippen LogP contribution in [0.2, 0.25) is 10.0 Å². The topological polar surface area (TPSA) is 29.9 Å². The van der Waals surface area contributed by atoms with Crippen molar-refractivity contribution < 1.29 is 4.39 Å². The summed E-state index contributed by atoms with van der Waals surface area (Å²) >= 11 is 12.3. The van der Waals surface area contributed by atoms with E-state index in [1.54, 1.807) is 12.1 Å². The quantitative estimate of drug-likeness (QED) is 0.619. The first-order chi connectivity index (χ1) is 12.1. The second-order valence-corrected chi connectivity index (χ2v) is 6.98. The predicted molar refractivity (Wildman–Crippen MR) is 100 cm³/mol. The molecule has 4 rings (SSSR count). The molecular formula is C19H16Cl2FN3. The van der Waals surface area contributed by atoms with Gasteiger partial charge in [0.1, 0.15) is 11.6 Å². The Morgan fingerprint density at radius 2 is 1.84 bits per heavy atom. The average molecular weight is 376 g/mol. The zero-order valence-corrected chi connectivity index (χ0v) is 14.9. The van der Waals surface area contributed by atoms with Gasteiger partial charge in [0.15, 0.2) is 0 Å². The monoisotopic (exact) mass is 375 g/mol. The van der Waals surface area contributed by atoms with Crippen molar-refractivity contribution in [1.82, 2.24) is 9.78 Å². The summed E-state index contributed by atoms with van der Waals surface area (Å²) in [6, 6.07) is 11.9. The van der Waals surface area contributed by atoms with Crippen molar-refractivity contribution in [2.45, 2.75) is 19.3 Å². The molecule has 2 aromatic carbocycles. The summed E-state index contributed by atoms with van der Waals surface area (Å²) in [6.07, 6.45) is 3.03. The molecule has 0 amide bonds. The summed E-state index contributed by atoms with van der Waals surface area (Å²) in [7, 11) is 0. The molecule has 128 valence electrons. The Bertz CT molecular complexity index is 916. The largest absolute Gasteiger partial charge is 0.370 e. The van der Waals surface area contributed by atoms with Gasteiger partial charge >= 0.3 is 0 Å². The van der Waals surface area contributed by atoms with Crippen LogP contribution < -0.4 is 5.32 Å². The van der Waals surface area contributed by atoms with Crippen LogP contribution in [0.15, 0.2) is 42.5 Å². The van der Waals surface area contributed by atoms with Gasteiger partial charge in [0, 0.05) is 27.7 Å². The van der Waals surface area contributed by atoms with Crippen LogP contribution in [0.1, 0.15) is 18.4 Å². The molecule has 0 radical (unpaired) electrons. The molecule has 1 aromatic heterocycles. The van der Waals surface area contributed by atoms with Gasteiger partial charge in [0.05, 0.1) is 11.4 Å². The van der Waals surface area contributed by atoms with Gasteiger partial charge in [-0.2, -0.15) is 5.10 Å². The number of hydrogen-bond donors (Lipinski definition) is 1. The molecule has 2 heterocycles. The third-order valence-electron chi connectivity index (χ3n) is 4.32. The molecule has 1 aliphatic heterocycles. The average Bonchev–Trinajstić information content (AvgIpc) is 2.76. The molecule has 3 nitrogen and oxygen atoms in total. The Balaban J connectivity index is 1.93. The summed E-state index contributed by atoms with van der Waals surface area (Å²) in [5.41, 5.74) is 3.44. The van der Waals surface area contributed by atoms with Crippen molar-refractivity contribution in [3.8, 4) is 16.9 Å². The van der Waals surface area contributed by atoms with E-state index in [9.17, 15) is 4.39 Å². The smallest absolute Gasteiger partial charge is 0.133 e. The van der Waals surface area contributed by atoms with E-state index < -0.39 is 0 Å². The van der Waals surface area contributed by atoms with Crippen LogP contribution in [0.4, 0.5) is 10.2 Å². The molecule has 6 heteroatoms. The van der Waals surface area contributed by atoms with Crippen LogP contribution in [0, 0.1) is 5.82 Å². The lowest BCUT2D eigenvalue weighted by Crippen LogP contribution is -2.07. The first-order valence-electron chi connectivity index (χ1n) is 8.20. The maximum Gasteiger partial charge on any atom is 0.133 e. The second kappa shape index (κ2) is 6.70. The van der Waals surface area contributed by atoms with E-state index >= 15 is 0 Å². The van der Waals surface area contributed by atoms with Crippen LogP contribution in [0.3, 0.4) is 0 Å². The molecule has 0 unspecified atom stereocenters. The molecule has 0 atom stereocenters. The minimum atomic E-state index is -0.270. The van der Waals surface area contributed by atoms with Gasteiger partial charge in [-0.1, -0.05) is 35.3 Å². The van der Waals surface area contributed by atoms with Crippen molar-refractivity contribution in [3.05, 3.63) is 63.9 Å². The molecule has 3 aromatic rings. The molecule has 25 heavy (non-hydrogen) atoms. The highest BCUT2D eigenvalue weighted by atomic mass is 35.5. The van der Waals surface area contributed by atoms with Gasteiger partial charge in [0.25, 0.3) is 0 Å². The molecular weight excluding hydrogens is 360 g/mol. The second-order valence-electron chi connectivity index (χ2n) is 6.11. The Labute approximate surface area is 155 Å². The van der Waals surface area contributed by atoms with Crippen LogP contribution >= 0.6 is 23.2 Å². The van der Waals surface area contributed by atoms with Crippen molar-refractivity contribution in [3.63, 3.8) is 0 Å². The summed E-state index contributed by atoms with van der Waals surface area (Å²) in [5.74, 6) is 0.656. The van der Waals surface area contributed by atoms with Gasteiger partial charge in [-0.15, -0.1) is 0 Å². The number of nitrogens with zero attached hydrogens (tertiary/aromatic N) is 2. The highest BCUT2D eigenvalue weighted by Gasteiger charge is 2.22. The third kappa shape index (κ3) is 3.24. The van der Waals surface area contributed by atoms with E-state index in [2.05, 4.69) is 5.32 Å². The summed E-state index contributed by atoms with van der Waals surface area (Å²) in [6.45, 7) is 0.871. The van der Waals surface area contributed by atoms with Crippen molar-refractivity contribution in [2.75, 3.05) is 11.9 Å². The Hall–Kier alpha value is -2.04. The minimum absolute atomic E-state index is 0.270. The predicted octanol–water partition coefficient (Wildman–Crippen LogP) is 5.73. The van der Waals surface area contributed by atoms with Gasteiger partial charge in [0.2, 0.25) is 0 Å². The molecule has 0 saturated carbocycles. The highest BCUT2D eigenvalue weighted by molar-refractivity contribution is 6.34. The lowest BCUT2D eigenvalue weighted by atomic mass is 10.0. The Morgan fingerprint density at radius 3 is 2.60 bits per heavy atom. The fourth-order valence-corrected chi connectivity index (χ4v) is 3.73. The van der Waals surface area contributed by atoms with E-state index in [1.807, 2.05) is 22.9 Å². The SMILES string of the molecule is Fc1cccc(-c2nn(-c3cc(Cl)cc(Cl)c3)c3c2CCCCN3)c1. The first-order valence-corrected chi connectivity index (χ1v) is 8.95. The maximum atomic E-state index is 13.7. The zero-order chi connectivity index (χ0) is 17.4.